The van der Waals surface area contributed by atoms with Crippen LogP contribution in [0.1, 0.15) is 10.4 Å². The van der Waals surface area contributed by atoms with Crippen molar-refractivity contribution in [1.29, 1.82) is 0 Å². The van der Waals surface area contributed by atoms with Crippen molar-refractivity contribution in [2.24, 2.45) is 0 Å². The zero-order chi connectivity index (χ0) is 23.3. The molecule has 6 heteroatoms. The molecule has 2 heterocycles. The van der Waals surface area contributed by atoms with Gasteiger partial charge in [0, 0.05) is 59.3 Å². The molecule has 0 saturated carbocycles. The maximum Gasteiger partial charge on any atom is 0.255 e. The summed E-state index contributed by atoms with van der Waals surface area (Å²) in [6, 6.07) is 25.2. The quantitative estimate of drug-likeness (QED) is 0.339. The lowest BCUT2D eigenvalue weighted by molar-refractivity contribution is 0.102. The molecular formula is C28H25N5O. The molecule has 0 aliphatic carbocycles. The molecule has 3 aromatic carbocycles. The number of nitrogens with zero attached hydrogens (tertiary/aromatic N) is 2. The Morgan fingerprint density at radius 3 is 2.26 bits per heavy atom. The molecule has 0 atom stereocenters. The molecule has 1 amide bonds. The zero-order valence-electron chi connectivity index (χ0n) is 18.8. The van der Waals surface area contributed by atoms with Crippen LogP contribution in [-0.2, 0) is 0 Å². The fourth-order valence-corrected chi connectivity index (χ4v) is 3.78. The number of anilines is 4. The van der Waals surface area contributed by atoms with Gasteiger partial charge in [-0.05, 0) is 72.8 Å². The highest BCUT2D eigenvalue weighted by Gasteiger charge is 2.09. The van der Waals surface area contributed by atoms with Gasteiger partial charge in [-0.2, -0.15) is 0 Å². The number of benzene rings is 3. The molecule has 6 nitrogen and oxygen atoms in total. The van der Waals surface area contributed by atoms with Gasteiger partial charge in [-0.1, -0.05) is 18.2 Å². The predicted molar refractivity (Wildman–Crippen MR) is 139 cm³/mol. The lowest BCUT2D eigenvalue weighted by atomic mass is 10.1. The van der Waals surface area contributed by atoms with Crippen molar-refractivity contribution < 1.29 is 4.79 Å². The summed E-state index contributed by atoms with van der Waals surface area (Å²) in [6.07, 6.45) is 9.98. The highest BCUT2D eigenvalue weighted by molar-refractivity contribution is 6.04. The molecule has 0 fully saturated rings. The zero-order valence-corrected chi connectivity index (χ0v) is 18.8. The van der Waals surface area contributed by atoms with Crippen LogP contribution in [0.5, 0.6) is 0 Å². The van der Waals surface area contributed by atoms with Crippen molar-refractivity contribution in [2.45, 2.75) is 6.04 Å². The van der Waals surface area contributed by atoms with Gasteiger partial charge in [0.2, 0.25) is 0 Å². The van der Waals surface area contributed by atoms with Gasteiger partial charge >= 0.3 is 0 Å². The van der Waals surface area contributed by atoms with Gasteiger partial charge in [-0.3, -0.25) is 9.78 Å². The van der Waals surface area contributed by atoms with Crippen LogP contribution in [-0.4, -0.2) is 28.9 Å². The first kappa shape index (κ1) is 21.3. The second-order valence-electron chi connectivity index (χ2n) is 8.13. The summed E-state index contributed by atoms with van der Waals surface area (Å²) in [7, 11) is 1.99. The third-order valence-corrected chi connectivity index (χ3v) is 5.61. The summed E-state index contributed by atoms with van der Waals surface area (Å²) >= 11 is 0. The van der Waals surface area contributed by atoms with E-state index >= 15 is 0 Å². The standard InChI is InChI=1S/C28H25N5O/c1-33-18-15-24(16-19-33)30-21-8-6-20(7-9-21)28(34)32-23-12-10-22(11-13-23)31-27-14-17-29-26-5-3-2-4-25(26)27/h2-19,24,30H,1H3,(H,29,31)(H,32,34). The van der Waals surface area contributed by atoms with Gasteiger partial charge in [0.15, 0.2) is 0 Å². The summed E-state index contributed by atoms with van der Waals surface area (Å²) < 4.78 is 0. The minimum Gasteiger partial charge on any atom is -0.375 e. The third kappa shape index (κ3) is 4.91. The second-order valence-corrected chi connectivity index (χ2v) is 8.13. The summed E-state index contributed by atoms with van der Waals surface area (Å²) in [5.74, 6) is -0.147. The lowest BCUT2D eigenvalue weighted by Gasteiger charge is -2.19. The molecular weight excluding hydrogens is 422 g/mol. The first-order chi connectivity index (χ1) is 16.6. The normalized spacial score (nSPS) is 13.1. The topological polar surface area (TPSA) is 69.3 Å². The maximum absolute atomic E-state index is 12.7. The minimum absolute atomic E-state index is 0.133. The third-order valence-electron chi connectivity index (χ3n) is 5.61. The smallest absolute Gasteiger partial charge is 0.255 e. The van der Waals surface area contributed by atoms with Crippen molar-refractivity contribution in [2.75, 3.05) is 23.0 Å². The van der Waals surface area contributed by atoms with E-state index in [1.165, 1.54) is 0 Å². The van der Waals surface area contributed by atoms with Gasteiger partial charge in [-0.15, -0.1) is 0 Å². The number of aromatic nitrogens is 1. The SMILES string of the molecule is CN1C=CC(Nc2ccc(C(=O)Nc3ccc(Nc4ccnc5ccccc45)cc3)cc2)C=C1. The van der Waals surface area contributed by atoms with Gasteiger partial charge in [0.05, 0.1) is 11.6 Å². The highest BCUT2D eigenvalue weighted by atomic mass is 16.1. The number of carbonyl (C=O) groups excluding carboxylic acids is 1. The molecule has 5 rings (SSSR count). The van der Waals surface area contributed by atoms with E-state index in [1.54, 1.807) is 6.20 Å². The van der Waals surface area contributed by atoms with Crippen LogP contribution in [0.25, 0.3) is 10.9 Å². The van der Waals surface area contributed by atoms with Crippen molar-refractivity contribution in [3.8, 4) is 0 Å². The molecule has 1 aliphatic heterocycles. The van der Waals surface area contributed by atoms with Crippen LogP contribution >= 0.6 is 0 Å². The summed E-state index contributed by atoms with van der Waals surface area (Å²) in [4.78, 5) is 19.1. The fourth-order valence-electron chi connectivity index (χ4n) is 3.78. The van der Waals surface area contributed by atoms with E-state index in [9.17, 15) is 4.79 Å². The van der Waals surface area contributed by atoms with Gasteiger partial charge < -0.3 is 20.9 Å². The molecule has 0 saturated heterocycles. The van der Waals surface area contributed by atoms with Crippen LogP contribution in [0.3, 0.4) is 0 Å². The van der Waals surface area contributed by atoms with E-state index in [1.807, 2.05) is 103 Å². The second kappa shape index (κ2) is 9.50. The van der Waals surface area contributed by atoms with Crippen LogP contribution < -0.4 is 16.0 Å². The number of hydrogen-bond donors (Lipinski definition) is 3. The number of fused-ring (bicyclic) bond motifs is 1. The average Bonchev–Trinajstić information content (AvgIpc) is 2.87. The number of nitrogens with one attached hydrogen (secondary N) is 3. The van der Waals surface area contributed by atoms with Crippen LogP contribution in [0.4, 0.5) is 22.7 Å². The predicted octanol–water partition coefficient (Wildman–Crippen LogP) is 5.98. The Morgan fingerprint density at radius 2 is 1.50 bits per heavy atom. The molecule has 0 unspecified atom stereocenters. The number of pyridine rings is 1. The molecule has 0 bridgehead atoms. The van der Waals surface area contributed by atoms with Gasteiger partial charge in [-0.25, -0.2) is 0 Å². The van der Waals surface area contributed by atoms with E-state index in [-0.39, 0.29) is 11.9 Å². The number of rotatable bonds is 6. The number of hydrogen-bond acceptors (Lipinski definition) is 5. The molecule has 0 radical (unpaired) electrons. The van der Waals surface area contributed by atoms with E-state index in [0.717, 1.165) is 33.7 Å². The molecule has 1 aliphatic rings. The minimum atomic E-state index is -0.147. The number of para-hydroxylation sites is 1. The average molecular weight is 448 g/mol. The Balaban J connectivity index is 1.20. The summed E-state index contributed by atoms with van der Waals surface area (Å²) in [6.45, 7) is 0. The van der Waals surface area contributed by atoms with Crippen LogP contribution in [0.15, 0.2) is 110 Å². The molecule has 168 valence electrons. The Labute approximate surface area is 198 Å². The summed E-state index contributed by atoms with van der Waals surface area (Å²) in [5.41, 5.74) is 5.16. The van der Waals surface area contributed by atoms with E-state index in [2.05, 4.69) is 33.1 Å². The Hall–Kier alpha value is -4.58. The number of amides is 1. The molecule has 1 aromatic heterocycles. The Bertz CT molecular complexity index is 1340. The molecule has 34 heavy (non-hydrogen) atoms. The summed E-state index contributed by atoms with van der Waals surface area (Å²) in [5, 5.41) is 10.9. The van der Waals surface area contributed by atoms with E-state index in [0.29, 0.717) is 5.56 Å². The highest BCUT2D eigenvalue weighted by Crippen LogP contribution is 2.25. The molecule has 3 N–H and O–H groups in total. The van der Waals surface area contributed by atoms with Crippen molar-refractivity contribution in [3.05, 3.63) is 115 Å². The van der Waals surface area contributed by atoms with Crippen molar-refractivity contribution >= 4 is 39.6 Å². The monoisotopic (exact) mass is 447 g/mol. The van der Waals surface area contributed by atoms with Gasteiger partial charge in [0.25, 0.3) is 5.91 Å². The van der Waals surface area contributed by atoms with Crippen LogP contribution in [0.2, 0.25) is 0 Å². The Morgan fingerprint density at radius 1 is 0.824 bits per heavy atom. The maximum atomic E-state index is 12.7. The number of carbonyl (C=O) groups is 1. The molecule has 4 aromatic rings. The van der Waals surface area contributed by atoms with E-state index in [4.69, 9.17) is 0 Å². The van der Waals surface area contributed by atoms with Gasteiger partial charge in [0.1, 0.15) is 0 Å². The van der Waals surface area contributed by atoms with Crippen molar-refractivity contribution in [3.63, 3.8) is 0 Å². The van der Waals surface area contributed by atoms with Crippen molar-refractivity contribution in [1.82, 2.24) is 9.88 Å². The first-order valence-electron chi connectivity index (χ1n) is 11.1. The largest absolute Gasteiger partial charge is 0.375 e. The molecule has 0 spiro atoms. The Kier molecular flexibility index (Phi) is 5.95. The first-order valence-corrected chi connectivity index (χ1v) is 11.1. The fraction of sp³-hybridized carbons (Fsp3) is 0.0714. The van der Waals surface area contributed by atoms with Crippen LogP contribution in [0, 0.1) is 0 Å². The van der Waals surface area contributed by atoms with E-state index < -0.39 is 0 Å². The lowest BCUT2D eigenvalue weighted by Crippen LogP contribution is -2.19.